The highest BCUT2D eigenvalue weighted by molar-refractivity contribution is 6.43. The number of piperidine rings is 1. The van der Waals surface area contributed by atoms with E-state index in [-0.39, 0.29) is 0 Å². The lowest BCUT2D eigenvalue weighted by molar-refractivity contribution is 0.194. The van der Waals surface area contributed by atoms with Crippen LogP contribution in [0.5, 0.6) is 0 Å². The van der Waals surface area contributed by atoms with Crippen molar-refractivity contribution in [2.75, 3.05) is 18.0 Å². The highest BCUT2D eigenvalue weighted by Crippen LogP contribution is 2.53. The van der Waals surface area contributed by atoms with Crippen molar-refractivity contribution >= 4 is 34.5 Å². The highest BCUT2D eigenvalue weighted by Gasteiger charge is 2.45. The van der Waals surface area contributed by atoms with E-state index in [0.717, 1.165) is 35.8 Å². The van der Waals surface area contributed by atoms with Crippen LogP contribution in [0.2, 0.25) is 10.0 Å². The zero-order chi connectivity index (χ0) is 21.9. The van der Waals surface area contributed by atoms with Gasteiger partial charge in [0.15, 0.2) is 5.82 Å². The Balaban J connectivity index is 1.31. The van der Waals surface area contributed by atoms with Crippen molar-refractivity contribution in [2.45, 2.75) is 32.1 Å². The maximum atomic E-state index is 6.48. The summed E-state index contributed by atoms with van der Waals surface area (Å²) < 4.78 is 2.07. The summed E-state index contributed by atoms with van der Waals surface area (Å²) in [5, 5.41) is 1.05. The number of imidazole rings is 1. The van der Waals surface area contributed by atoms with Gasteiger partial charge in [-0.1, -0.05) is 60.5 Å². The van der Waals surface area contributed by atoms with Crippen LogP contribution in [0.3, 0.4) is 0 Å². The van der Waals surface area contributed by atoms with E-state index in [4.69, 9.17) is 28.2 Å². The molecule has 6 rings (SSSR count). The number of hydrogen-bond donors (Lipinski definition) is 0. The normalized spacial score (nSPS) is 19.6. The number of aromatic nitrogens is 3. The molecular weight excluding hydrogens is 439 g/mol. The van der Waals surface area contributed by atoms with Gasteiger partial charge in [-0.15, -0.1) is 0 Å². The lowest BCUT2D eigenvalue weighted by Gasteiger charge is -2.43. The Hall–Kier alpha value is -2.56. The smallest absolute Gasteiger partial charge is 0.154 e. The summed E-state index contributed by atoms with van der Waals surface area (Å²) in [6, 6.07) is 14.6. The second kappa shape index (κ2) is 7.50. The van der Waals surface area contributed by atoms with Crippen LogP contribution >= 0.6 is 23.2 Å². The topological polar surface area (TPSA) is 33.4 Å². The molecule has 4 nitrogen and oxygen atoms in total. The number of benzene rings is 2. The van der Waals surface area contributed by atoms with Crippen LogP contribution in [-0.2, 0) is 6.42 Å². The Bertz CT molecular complexity index is 1320. The minimum absolute atomic E-state index is 0.366. The minimum Gasteiger partial charge on any atom is -0.355 e. The predicted octanol–water partition coefficient (Wildman–Crippen LogP) is 6.65. The Morgan fingerprint density at radius 3 is 2.62 bits per heavy atom. The molecule has 1 aliphatic carbocycles. The van der Waals surface area contributed by atoms with Crippen LogP contribution in [-0.4, -0.2) is 27.5 Å². The molecule has 162 valence electrons. The quantitative estimate of drug-likeness (QED) is 0.334. The van der Waals surface area contributed by atoms with E-state index in [0.29, 0.717) is 21.4 Å². The number of rotatable bonds is 2. The summed E-state index contributed by atoms with van der Waals surface area (Å²) in [5.41, 5.74) is 5.27. The first-order chi connectivity index (χ1) is 15.6. The second-order valence-electron chi connectivity index (χ2n) is 9.14. The SMILES string of the molecule is C[C@@H]1c2ccccc2CC12CCN(c1nccn3c(-c4cccc(Cl)c4Cl)ncc13)CC2. The summed E-state index contributed by atoms with van der Waals surface area (Å²) in [6.45, 7) is 4.42. The van der Waals surface area contributed by atoms with Gasteiger partial charge in [0.05, 0.1) is 16.2 Å². The van der Waals surface area contributed by atoms with Gasteiger partial charge in [0, 0.05) is 31.0 Å². The van der Waals surface area contributed by atoms with Gasteiger partial charge in [0.25, 0.3) is 0 Å². The van der Waals surface area contributed by atoms with Crippen LogP contribution in [0.1, 0.15) is 36.8 Å². The first-order valence-electron chi connectivity index (χ1n) is 11.2. The van der Waals surface area contributed by atoms with Crippen LogP contribution in [0.15, 0.2) is 61.1 Å². The van der Waals surface area contributed by atoms with E-state index >= 15 is 0 Å². The summed E-state index contributed by atoms with van der Waals surface area (Å²) >= 11 is 12.7. The van der Waals surface area contributed by atoms with Crippen molar-refractivity contribution in [1.29, 1.82) is 0 Å². The predicted molar refractivity (Wildman–Crippen MR) is 131 cm³/mol. The molecule has 0 N–H and O–H groups in total. The monoisotopic (exact) mass is 462 g/mol. The maximum Gasteiger partial charge on any atom is 0.154 e. The lowest BCUT2D eigenvalue weighted by atomic mass is 9.70. The molecule has 3 heterocycles. The van der Waals surface area contributed by atoms with Gasteiger partial charge in [0.2, 0.25) is 0 Å². The zero-order valence-corrected chi connectivity index (χ0v) is 19.4. The molecule has 1 atom stereocenters. The third kappa shape index (κ3) is 2.96. The van der Waals surface area contributed by atoms with Crippen molar-refractivity contribution in [2.24, 2.45) is 5.41 Å². The van der Waals surface area contributed by atoms with Crippen LogP contribution < -0.4 is 4.90 Å². The van der Waals surface area contributed by atoms with Gasteiger partial charge in [-0.05, 0) is 53.9 Å². The average molecular weight is 463 g/mol. The molecule has 2 aromatic carbocycles. The lowest BCUT2D eigenvalue weighted by Crippen LogP contribution is -2.42. The van der Waals surface area contributed by atoms with Gasteiger partial charge in [-0.3, -0.25) is 4.40 Å². The third-order valence-corrected chi connectivity index (χ3v) is 8.49. The molecule has 1 spiro atoms. The van der Waals surface area contributed by atoms with E-state index in [1.54, 1.807) is 11.6 Å². The molecule has 2 aliphatic rings. The Morgan fingerprint density at radius 1 is 1.00 bits per heavy atom. The van der Waals surface area contributed by atoms with E-state index in [2.05, 4.69) is 45.5 Å². The summed E-state index contributed by atoms with van der Waals surface area (Å²) in [7, 11) is 0. The highest BCUT2D eigenvalue weighted by atomic mass is 35.5. The molecule has 2 aromatic heterocycles. The van der Waals surface area contributed by atoms with E-state index in [9.17, 15) is 0 Å². The number of anilines is 1. The summed E-state index contributed by atoms with van der Waals surface area (Å²) in [5.74, 6) is 2.38. The molecule has 0 amide bonds. The fraction of sp³-hybridized carbons (Fsp3) is 0.308. The summed E-state index contributed by atoms with van der Waals surface area (Å²) in [4.78, 5) is 11.9. The Labute approximate surface area is 197 Å². The Kier molecular flexibility index (Phi) is 4.70. The zero-order valence-electron chi connectivity index (χ0n) is 17.9. The van der Waals surface area contributed by atoms with E-state index in [1.165, 1.54) is 24.8 Å². The Morgan fingerprint density at radius 2 is 1.81 bits per heavy atom. The molecule has 0 unspecified atom stereocenters. The number of hydrogen-bond acceptors (Lipinski definition) is 3. The maximum absolute atomic E-state index is 6.48. The molecule has 6 heteroatoms. The fourth-order valence-electron chi connectivity index (χ4n) is 5.79. The molecule has 1 saturated heterocycles. The molecule has 1 aliphatic heterocycles. The summed E-state index contributed by atoms with van der Waals surface area (Å²) in [6.07, 6.45) is 9.23. The number of halogens is 2. The second-order valence-corrected chi connectivity index (χ2v) is 9.92. The van der Waals surface area contributed by atoms with Gasteiger partial charge in [0.1, 0.15) is 11.3 Å². The molecule has 0 bridgehead atoms. The average Bonchev–Trinajstić information content (AvgIpc) is 3.36. The van der Waals surface area contributed by atoms with Crippen LogP contribution in [0.25, 0.3) is 16.9 Å². The third-order valence-electron chi connectivity index (χ3n) is 7.67. The van der Waals surface area contributed by atoms with Crippen molar-refractivity contribution in [3.63, 3.8) is 0 Å². The molecule has 0 saturated carbocycles. The van der Waals surface area contributed by atoms with Crippen molar-refractivity contribution in [3.05, 3.63) is 82.2 Å². The fourth-order valence-corrected chi connectivity index (χ4v) is 6.17. The van der Waals surface area contributed by atoms with Crippen molar-refractivity contribution < 1.29 is 0 Å². The van der Waals surface area contributed by atoms with Crippen LogP contribution in [0, 0.1) is 5.41 Å². The first-order valence-corrected chi connectivity index (χ1v) is 11.9. The van der Waals surface area contributed by atoms with E-state index < -0.39 is 0 Å². The number of nitrogens with zero attached hydrogens (tertiary/aromatic N) is 4. The van der Waals surface area contributed by atoms with E-state index in [1.807, 2.05) is 30.7 Å². The van der Waals surface area contributed by atoms with Gasteiger partial charge in [-0.2, -0.15) is 0 Å². The molecular formula is C26H24Cl2N4. The standard InChI is InChI=1S/C26H24Cl2N4/c1-17-19-6-3-2-5-18(19)15-26(17)9-12-31(13-10-26)25-22-16-30-24(32(22)14-11-29-25)20-7-4-8-21(27)23(20)28/h2-8,11,14,16-17H,9-10,12-13,15H2,1H3/t17-/m1/s1. The van der Waals surface area contributed by atoms with Crippen molar-refractivity contribution in [3.8, 4) is 11.4 Å². The van der Waals surface area contributed by atoms with Gasteiger partial charge in [-0.25, -0.2) is 9.97 Å². The molecule has 32 heavy (non-hydrogen) atoms. The van der Waals surface area contributed by atoms with Gasteiger partial charge < -0.3 is 4.90 Å². The number of fused-ring (bicyclic) bond motifs is 2. The van der Waals surface area contributed by atoms with Gasteiger partial charge >= 0.3 is 0 Å². The molecule has 4 aromatic rings. The molecule has 0 radical (unpaired) electrons. The minimum atomic E-state index is 0.366. The van der Waals surface area contributed by atoms with Crippen LogP contribution in [0.4, 0.5) is 5.82 Å². The molecule has 1 fully saturated rings. The van der Waals surface area contributed by atoms with Crippen molar-refractivity contribution in [1.82, 2.24) is 14.4 Å². The first kappa shape index (κ1) is 20.1. The largest absolute Gasteiger partial charge is 0.355 e.